The lowest BCUT2D eigenvalue weighted by atomic mass is 9.95. The summed E-state index contributed by atoms with van der Waals surface area (Å²) < 4.78 is 39.8. The summed E-state index contributed by atoms with van der Waals surface area (Å²) in [6.07, 6.45) is 0.470. The van der Waals surface area contributed by atoms with Gasteiger partial charge in [0.2, 0.25) is 10.0 Å². The third-order valence-electron chi connectivity index (χ3n) is 2.94. The Balaban J connectivity index is 2.82. The summed E-state index contributed by atoms with van der Waals surface area (Å²) in [6.45, 7) is 6.91. The first-order chi connectivity index (χ1) is 9.03. The van der Waals surface area contributed by atoms with Crippen molar-refractivity contribution in [1.29, 1.82) is 0 Å². The van der Waals surface area contributed by atoms with Crippen LogP contribution in [-0.2, 0) is 10.0 Å². The second-order valence-corrected chi connectivity index (χ2v) is 7.60. The average molecular weight is 303 g/mol. The molecule has 0 aromatic heterocycles. The fourth-order valence-electron chi connectivity index (χ4n) is 2.03. The third-order valence-corrected chi connectivity index (χ3v) is 4.34. The van der Waals surface area contributed by atoms with E-state index in [1.54, 1.807) is 13.8 Å². The maximum Gasteiger partial charge on any atom is 0.240 e. The van der Waals surface area contributed by atoms with Crippen LogP contribution in [0.4, 0.5) is 4.39 Å². The van der Waals surface area contributed by atoms with Crippen molar-refractivity contribution in [2.75, 3.05) is 6.54 Å². The Bertz CT molecular complexity index is 568. The van der Waals surface area contributed by atoms with Gasteiger partial charge in [0.25, 0.3) is 0 Å². The maximum absolute atomic E-state index is 13.4. The molecule has 1 aromatic carbocycles. The summed E-state index contributed by atoms with van der Waals surface area (Å²) in [5.41, 5.74) is -0.749. The minimum absolute atomic E-state index is 0.108. The van der Waals surface area contributed by atoms with E-state index in [9.17, 15) is 17.9 Å². The molecule has 1 aromatic rings. The zero-order valence-electron chi connectivity index (χ0n) is 12.3. The second kappa shape index (κ2) is 6.20. The molecule has 114 valence electrons. The molecule has 6 heteroatoms. The number of nitrogens with one attached hydrogen (secondary N) is 1. The van der Waals surface area contributed by atoms with Crippen LogP contribution in [0.2, 0.25) is 0 Å². The number of rotatable bonds is 6. The van der Waals surface area contributed by atoms with Gasteiger partial charge in [0.15, 0.2) is 0 Å². The Morgan fingerprint density at radius 1 is 1.40 bits per heavy atom. The molecule has 20 heavy (non-hydrogen) atoms. The number of benzene rings is 1. The summed E-state index contributed by atoms with van der Waals surface area (Å²) in [5.74, 6) is -0.326. The Labute approximate surface area is 120 Å². The van der Waals surface area contributed by atoms with Gasteiger partial charge in [0.05, 0.1) is 10.5 Å². The highest BCUT2D eigenvalue weighted by Crippen LogP contribution is 2.18. The average Bonchev–Trinajstić information content (AvgIpc) is 2.29. The van der Waals surface area contributed by atoms with Crippen LogP contribution in [0.1, 0.15) is 32.8 Å². The van der Waals surface area contributed by atoms with Crippen molar-refractivity contribution in [2.24, 2.45) is 5.92 Å². The largest absolute Gasteiger partial charge is 0.389 e. The van der Waals surface area contributed by atoms with Crippen LogP contribution in [0, 0.1) is 18.7 Å². The summed E-state index contributed by atoms with van der Waals surface area (Å²) in [6, 6.07) is 3.74. The molecule has 4 nitrogen and oxygen atoms in total. The molecule has 0 bridgehead atoms. The Morgan fingerprint density at radius 3 is 2.50 bits per heavy atom. The Kier molecular flexibility index (Phi) is 5.29. The monoisotopic (exact) mass is 303 g/mol. The van der Waals surface area contributed by atoms with Crippen LogP contribution < -0.4 is 4.72 Å². The molecule has 0 amide bonds. The molecule has 2 N–H and O–H groups in total. The van der Waals surface area contributed by atoms with Gasteiger partial charge in [-0.1, -0.05) is 19.9 Å². The summed E-state index contributed by atoms with van der Waals surface area (Å²) >= 11 is 0. The number of hydrogen-bond acceptors (Lipinski definition) is 3. The van der Waals surface area contributed by atoms with Gasteiger partial charge in [0.1, 0.15) is 5.82 Å². The lowest BCUT2D eigenvalue weighted by molar-refractivity contribution is 0.0437. The first-order valence-electron chi connectivity index (χ1n) is 6.52. The zero-order chi connectivity index (χ0) is 15.6. The molecule has 0 saturated heterocycles. The molecular weight excluding hydrogens is 281 g/mol. The van der Waals surface area contributed by atoms with Crippen LogP contribution in [0.3, 0.4) is 0 Å². The predicted octanol–water partition coefficient (Wildman–Crippen LogP) is 2.21. The van der Waals surface area contributed by atoms with E-state index in [1.807, 2.05) is 13.8 Å². The van der Waals surface area contributed by atoms with Crippen molar-refractivity contribution in [2.45, 2.75) is 44.6 Å². The van der Waals surface area contributed by atoms with Crippen molar-refractivity contribution in [3.8, 4) is 0 Å². The van der Waals surface area contributed by atoms with Crippen LogP contribution in [-0.4, -0.2) is 25.7 Å². The van der Waals surface area contributed by atoms with E-state index in [2.05, 4.69) is 4.72 Å². The Morgan fingerprint density at radius 2 is 2.00 bits per heavy atom. The van der Waals surface area contributed by atoms with E-state index in [-0.39, 0.29) is 17.4 Å². The molecule has 0 heterocycles. The van der Waals surface area contributed by atoms with Crippen LogP contribution >= 0.6 is 0 Å². The first-order valence-corrected chi connectivity index (χ1v) is 8.00. The van der Waals surface area contributed by atoms with Crippen molar-refractivity contribution >= 4 is 10.0 Å². The normalized spacial score (nSPS) is 15.3. The minimum atomic E-state index is -3.82. The maximum atomic E-state index is 13.4. The van der Waals surface area contributed by atoms with Gasteiger partial charge < -0.3 is 5.11 Å². The summed E-state index contributed by atoms with van der Waals surface area (Å²) in [7, 11) is -3.82. The second-order valence-electron chi connectivity index (χ2n) is 5.83. The smallest absolute Gasteiger partial charge is 0.240 e. The topological polar surface area (TPSA) is 66.4 Å². The summed E-state index contributed by atoms with van der Waals surface area (Å²) in [4.78, 5) is -0.138. The van der Waals surface area contributed by atoms with Gasteiger partial charge in [-0.25, -0.2) is 17.5 Å². The van der Waals surface area contributed by atoms with Crippen molar-refractivity contribution in [3.05, 3.63) is 29.6 Å². The fourth-order valence-corrected chi connectivity index (χ4v) is 3.20. The standard InChI is InChI=1S/C14H22FNO3S/c1-10(2)8-14(4,17)9-16-20(18,19)12-6-5-11(3)13(15)7-12/h5-7,10,16-17H,8-9H2,1-4H3. The molecule has 1 rings (SSSR count). The number of sulfonamides is 1. The molecule has 0 aliphatic rings. The quantitative estimate of drug-likeness (QED) is 0.847. The molecule has 0 radical (unpaired) electrons. The van der Waals surface area contributed by atoms with Gasteiger partial charge in [-0.3, -0.25) is 0 Å². The summed E-state index contributed by atoms with van der Waals surface area (Å²) in [5, 5.41) is 10.1. The number of halogens is 1. The molecule has 1 atom stereocenters. The molecular formula is C14H22FNO3S. The molecule has 0 spiro atoms. The van der Waals surface area contributed by atoms with Crippen LogP contribution in [0.5, 0.6) is 0 Å². The number of aliphatic hydroxyl groups is 1. The van der Waals surface area contributed by atoms with Crippen LogP contribution in [0.15, 0.2) is 23.1 Å². The van der Waals surface area contributed by atoms with Crippen LogP contribution in [0.25, 0.3) is 0 Å². The van der Waals surface area contributed by atoms with Gasteiger partial charge in [-0.05, 0) is 43.9 Å². The molecule has 0 fully saturated rings. The first kappa shape index (κ1) is 17.1. The lowest BCUT2D eigenvalue weighted by Gasteiger charge is -2.25. The van der Waals surface area contributed by atoms with E-state index in [4.69, 9.17) is 0 Å². The van der Waals surface area contributed by atoms with Crippen molar-refractivity contribution in [3.63, 3.8) is 0 Å². The van der Waals surface area contributed by atoms with E-state index in [0.29, 0.717) is 12.0 Å². The molecule has 1 unspecified atom stereocenters. The fraction of sp³-hybridized carbons (Fsp3) is 0.571. The minimum Gasteiger partial charge on any atom is -0.389 e. The van der Waals surface area contributed by atoms with E-state index < -0.39 is 21.4 Å². The van der Waals surface area contributed by atoms with Gasteiger partial charge in [-0.15, -0.1) is 0 Å². The van der Waals surface area contributed by atoms with Gasteiger partial charge >= 0.3 is 0 Å². The lowest BCUT2D eigenvalue weighted by Crippen LogP contribution is -2.41. The highest BCUT2D eigenvalue weighted by atomic mass is 32.2. The van der Waals surface area contributed by atoms with E-state index in [1.165, 1.54) is 12.1 Å². The zero-order valence-corrected chi connectivity index (χ0v) is 13.1. The number of aryl methyl sites for hydroxylation is 1. The highest BCUT2D eigenvalue weighted by molar-refractivity contribution is 7.89. The third kappa shape index (κ3) is 4.85. The van der Waals surface area contributed by atoms with Gasteiger partial charge in [-0.2, -0.15) is 0 Å². The number of hydrogen-bond donors (Lipinski definition) is 2. The van der Waals surface area contributed by atoms with Crippen molar-refractivity contribution < 1.29 is 17.9 Å². The highest BCUT2D eigenvalue weighted by Gasteiger charge is 2.25. The molecule has 0 aliphatic carbocycles. The van der Waals surface area contributed by atoms with E-state index in [0.717, 1.165) is 6.07 Å². The van der Waals surface area contributed by atoms with E-state index >= 15 is 0 Å². The molecule has 0 aliphatic heterocycles. The Hall–Kier alpha value is -0.980. The van der Waals surface area contributed by atoms with Gasteiger partial charge in [0, 0.05) is 6.54 Å². The predicted molar refractivity (Wildman–Crippen MR) is 76.4 cm³/mol. The molecule has 0 saturated carbocycles. The van der Waals surface area contributed by atoms with Crippen molar-refractivity contribution in [1.82, 2.24) is 4.72 Å². The SMILES string of the molecule is Cc1ccc(S(=O)(=O)NCC(C)(O)CC(C)C)cc1F.